The van der Waals surface area contributed by atoms with Crippen LogP contribution in [0.15, 0.2) is 6.07 Å². The molecule has 0 saturated carbocycles. The zero-order chi connectivity index (χ0) is 14.9. The van der Waals surface area contributed by atoms with E-state index in [-0.39, 0.29) is 0 Å². The number of ether oxygens (including phenoxy) is 2. The van der Waals surface area contributed by atoms with Crippen LogP contribution in [0.1, 0.15) is 13.3 Å². The van der Waals surface area contributed by atoms with Crippen LogP contribution in [-0.4, -0.2) is 67.9 Å². The van der Waals surface area contributed by atoms with Crippen LogP contribution in [0.5, 0.6) is 6.01 Å². The summed E-state index contributed by atoms with van der Waals surface area (Å²) >= 11 is 0. The number of aromatic nitrogens is 2. The fourth-order valence-electron chi connectivity index (χ4n) is 2.05. The van der Waals surface area contributed by atoms with Gasteiger partial charge in [0.15, 0.2) is 0 Å². The van der Waals surface area contributed by atoms with E-state index in [1.54, 1.807) is 0 Å². The summed E-state index contributed by atoms with van der Waals surface area (Å²) in [4.78, 5) is 11.0. The lowest BCUT2D eigenvalue weighted by molar-refractivity contribution is 0.0317. The molecule has 1 fully saturated rings. The third kappa shape index (κ3) is 5.35. The van der Waals surface area contributed by atoms with Gasteiger partial charge < -0.3 is 20.1 Å². The van der Waals surface area contributed by atoms with Gasteiger partial charge in [-0.2, -0.15) is 9.97 Å². The van der Waals surface area contributed by atoms with E-state index in [1.807, 2.05) is 13.1 Å². The first kappa shape index (κ1) is 15.8. The third-order valence-corrected chi connectivity index (χ3v) is 3.26. The van der Waals surface area contributed by atoms with Gasteiger partial charge in [-0.25, -0.2) is 0 Å². The van der Waals surface area contributed by atoms with Crippen LogP contribution < -0.4 is 15.4 Å². The van der Waals surface area contributed by atoms with E-state index in [0.717, 1.165) is 57.4 Å². The minimum Gasteiger partial charge on any atom is -0.462 e. The molecule has 0 aromatic carbocycles. The summed E-state index contributed by atoms with van der Waals surface area (Å²) in [6, 6.07) is 2.29. The first-order chi connectivity index (χ1) is 10.3. The second-order valence-corrected chi connectivity index (χ2v) is 4.90. The van der Waals surface area contributed by atoms with E-state index in [1.165, 1.54) is 0 Å². The van der Waals surface area contributed by atoms with E-state index in [0.29, 0.717) is 12.6 Å². The van der Waals surface area contributed by atoms with Crippen LogP contribution in [0.25, 0.3) is 0 Å². The molecule has 21 heavy (non-hydrogen) atoms. The minimum absolute atomic E-state index is 0.411. The SMILES string of the molecule is CCCNc1cc(NC)nc(OCCN2CCOCC2)n1. The fraction of sp³-hybridized carbons (Fsp3) is 0.714. The van der Waals surface area contributed by atoms with Crippen LogP contribution in [0.2, 0.25) is 0 Å². The third-order valence-electron chi connectivity index (χ3n) is 3.26. The average Bonchev–Trinajstić information content (AvgIpc) is 2.53. The molecule has 0 unspecified atom stereocenters. The van der Waals surface area contributed by atoms with Crippen molar-refractivity contribution in [3.05, 3.63) is 6.07 Å². The molecule has 0 bridgehead atoms. The Morgan fingerprint density at radius 2 is 2.05 bits per heavy atom. The Morgan fingerprint density at radius 3 is 2.76 bits per heavy atom. The van der Waals surface area contributed by atoms with E-state index >= 15 is 0 Å². The van der Waals surface area contributed by atoms with Crippen molar-refractivity contribution in [3.63, 3.8) is 0 Å². The lowest BCUT2D eigenvalue weighted by atomic mass is 10.4. The van der Waals surface area contributed by atoms with Gasteiger partial charge in [-0.15, -0.1) is 0 Å². The van der Waals surface area contributed by atoms with Crippen molar-refractivity contribution < 1.29 is 9.47 Å². The summed E-state index contributed by atoms with van der Waals surface area (Å²) in [5.41, 5.74) is 0. The summed E-state index contributed by atoms with van der Waals surface area (Å²) in [6.45, 7) is 7.98. The number of nitrogens with zero attached hydrogens (tertiary/aromatic N) is 3. The van der Waals surface area contributed by atoms with Gasteiger partial charge in [0.2, 0.25) is 0 Å². The van der Waals surface area contributed by atoms with Gasteiger partial charge in [-0.3, -0.25) is 4.90 Å². The van der Waals surface area contributed by atoms with E-state index in [4.69, 9.17) is 9.47 Å². The summed E-state index contributed by atoms with van der Waals surface area (Å²) in [5.74, 6) is 1.54. The van der Waals surface area contributed by atoms with Gasteiger partial charge in [-0.1, -0.05) is 6.92 Å². The smallest absolute Gasteiger partial charge is 0.320 e. The molecule has 0 amide bonds. The number of anilines is 2. The number of hydrogen-bond acceptors (Lipinski definition) is 7. The van der Waals surface area contributed by atoms with Gasteiger partial charge in [0.1, 0.15) is 18.2 Å². The molecule has 1 aliphatic heterocycles. The Kier molecular flexibility index (Phi) is 6.49. The lowest BCUT2D eigenvalue weighted by Gasteiger charge is -2.26. The van der Waals surface area contributed by atoms with Crippen LogP contribution >= 0.6 is 0 Å². The highest BCUT2D eigenvalue weighted by Crippen LogP contribution is 2.15. The van der Waals surface area contributed by atoms with Gasteiger partial charge in [0.25, 0.3) is 0 Å². The molecule has 2 heterocycles. The molecule has 118 valence electrons. The van der Waals surface area contributed by atoms with E-state index in [9.17, 15) is 0 Å². The molecule has 1 aromatic rings. The standard InChI is InChI=1S/C14H25N5O2/c1-3-4-16-13-11-12(15-2)17-14(18-13)21-10-7-19-5-8-20-9-6-19/h11H,3-10H2,1-2H3,(H2,15,16,17,18). The highest BCUT2D eigenvalue weighted by Gasteiger charge is 2.11. The molecule has 0 atom stereocenters. The Hall–Kier alpha value is -1.60. The maximum absolute atomic E-state index is 5.69. The summed E-state index contributed by atoms with van der Waals surface area (Å²) in [5, 5.41) is 6.28. The van der Waals surface area contributed by atoms with E-state index in [2.05, 4.69) is 32.4 Å². The summed E-state index contributed by atoms with van der Waals surface area (Å²) in [7, 11) is 1.84. The van der Waals surface area contributed by atoms with Gasteiger partial charge >= 0.3 is 6.01 Å². The lowest BCUT2D eigenvalue weighted by Crippen LogP contribution is -2.38. The van der Waals surface area contributed by atoms with Crippen molar-refractivity contribution in [1.82, 2.24) is 14.9 Å². The monoisotopic (exact) mass is 295 g/mol. The molecule has 0 spiro atoms. The molecule has 1 aliphatic rings. The molecule has 2 N–H and O–H groups in total. The molecule has 7 nitrogen and oxygen atoms in total. The Morgan fingerprint density at radius 1 is 1.29 bits per heavy atom. The van der Waals surface area contributed by atoms with Crippen molar-refractivity contribution in [2.24, 2.45) is 0 Å². The Balaban J connectivity index is 1.85. The fourth-order valence-corrected chi connectivity index (χ4v) is 2.05. The predicted molar refractivity (Wildman–Crippen MR) is 83.1 cm³/mol. The van der Waals surface area contributed by atoms with Crippen molar-refractivity contribution in [2.45, 2.75) is 13.3 Å². The molecule has 0 radical (unpaired) electrons. The van der Waals surface area contributed by atoms with Crippen LogP contribution in [0.3, 0.4) is 0 Å². The molecular weight excluding hydrogens is 270 g/mol. The number of nitrogens with one attached hydrogen (secondary N) is 2. The maximum atomic E-state index is 5.69. The molecule has 1 aromatic heterocycles. The molecule has 1 saturated heterocycles. The first-order valence-electron chi connectivity index (χ1n) is 7.55. The van der Waals surface area contributed by atoms with Crippen LogP contribution in [-0.2, 0) is 4.74 Å². The van der Waals surface area contributed by atoms with Crippen molar-refractivity contribution >= 4 is 11.6 Å². The van der Waals surface area contributed by atoms with Crippen molar-refractivity contribution in [3.8, 4) is 6.01 Å². The topological polar surface area (TPSA) is 71.5 Å². The zero-order valence-corrected chi connectivity index (χ0v) is 12.9. The zero-order valence-electron chi connectivity index (χ0n) is 12.9. The highest BCUT2D eigenvalue weighted by molar-refractivity contribution is 5.48. The van der Waals surface area contributed by atoms with Crippen molar-refractivity contribution in [2.75, 3.05) is 63.7 Å². The largest absolute Gasteiger partial charge is 0.462 e. The average molecular weight is 295 g/mol. The molecular formula is C14H25N5O2. The number of hydrogen-bond donors (Lipinski definition) is 2. The second-order valence-electron chi connectivity index (χ2n) is 4.90. The molecule has 7 heteroatoms. The summed E-state index contributed by atoms with van der Waals surface area (Å²) < 4.78 is 11.0. The number of morpholine rings is 1. The van der Waals surface area contributed by atoms with Crippen molar-refractivity contribution in [1.29, 1.82) is 0 Å². The normalized spacial score (nSPS) is 15.7. The second kappa shape index (κ2) is 8.63. The van der Waals surface area contributed by atoms with E-state index < -0.39 is 0 Å². The predicted octanol–water partition coefficient (Wildman–Crippen LogP) is 1.05. The van der Waals surface area contributed by atoms with Crippen LogP contribution in [0.4, 0.5) is 11.6 Å². The van der Waals surface area contributed by atoms with Crippen LogP contribution in [0, 0.1) is 0 Å². The quantitative estimate of drug-likeness (QED) is 0.742. The maximum Gasteiger partial charge on any atom is 0.320 e. The Bertz CT molecular complexity index is 424. The molecule has 0 aliphatic carbocycles. The van der Waals surface area contributed by atoms with Gasteiger partial charge in [0, 0.05) is 39.3 Å². The minimum atomic E-state index is 0.411. The Labute approximate surface area is 126 Å². The van der Waals surface area contributed by atoms with Gasteiger partial charge in [-0.05, 0) is 6.42 Å². The summed E-state index contributed by atoms with van der Waals surface area (Å²) in [6.07, 6.45) is 1.05. The molecule has 2 rings (SSSR count). The highest BCUT2D eigenvalue weighted by atomic mass is 16.5. The first-order valence-corrected chi connectivity index (χ1v) is 7.55. The number of rotatable bonds is 8. The van der Waals surface area contributed by atoms with Gasteiger partial charge in [0.05, 0.1) is 13.2 Å².